The third-order valence-corrected chi connectivity index (χ3v) is 6.27. The molecule has 1 aliphatic rings. The number of aliphatic carboxylic acids is 1. The summed E-state index contributed by atoms with van der Waals surface area (Å²) in [4.78, 5) is 34.9. The Bertz CT molecular complexity index is 854. The maximum absolute atomic E-state index is 13.0. The van der Waals surface area contributed by atoms with E-state index in [4.69, 9.17) is 4.74 Å². The molecule has 1 aromatic carbocycles. The van der Waals surface area contributed by atoms with E-state index in [9.17, 15) is 27.9 Å². The molecule has 1 fully saturated rings. The van der Waals surface area contributed by atoms with Gasteiger partial charge in [-0.05, 0) is 19.1 Å². The summed E-state index contributed by atoms with van der Waals surface area (Å²) in [5.41, 5.74) is 0.820. The number of benzene rings is 1. The molecule has 1 aliphatic heterocycles. The highest BCUT2D eigenvalue weighted by Gasteiger charge is 2.51. The number of hydrogen-bond donors (Lipinski definition) is 2. The lowest BCUT2D eigenvalue weighted by Gasteiger charge is -2.29. The van der Waals surface area contributed by atoms with Gasteiger partial charge in [-0.1, -0.05) is 24.6 Å². The summed E-state index contributed by atoms with van der Waals surface area (Å²) in [6.07, 6.45) is -2.19. The summed E-state index contributed by atoms with van der Waals surface area (Å²) >= 11 is 0. The van der Waals surface area contributed by atoms with E-state index in [1.54, 1.807) is 19.1 Å². The third kappa shape index (κ3) is 4.35. The Morgan fingerprint density at radius 2 is 1.89 bits per heavy atom. The zero-order valence-electron chi connectivity index (χ0n) is 15.7. The number of aryl methyl sites for hydroxylation is 1. The Kier molecular flexibility index (Phi) is 6.49. The molecular weight excluding hydrogens is 390 g/mol. The third-order valence-electron chi connectivity index (χ3n) is 4.49. The van der Waals surface area contributed by atoms with Crippen molar-refractivity contribution in [1.82, 2.24) is 14.9 Å². The Hall–Kier alpha value is -2.82. The van der Waals surface area contributed by atoms with Crippen LogP contribution in [-0.2, 0) is 19.6 Å². The van der Waals surface area contributed by atoms with Crippen LogP contribution in [0.4, 0.5) is 9.59 Å². The molecule has 0 radical (unpaired) electrons. The van der Waals surface area contributed by atoms with E-state index in [0.29, 0.717) is 4.31 Å². The Labute approximate surface area is 162 Å². The highest BCUT2D eigenvalue weighted by atomic mass is 32.2. The average Bonchev–Trinajstić information content (AvgIpc) is 2.97. The summed E-state index contributed by atoms with van der Waals surface area (Å²) in [5.74, 6) is -2.84. The van der Waals surface area contributed by atoms with Gasteiger partial charge >= 0.3 is 12.1 Å². The van der Waals surface area contributed by atoms with Crippen molar-refractivity contribution in [1.29, 1.82) is 0 Å². The van der Waals surface area contributed by atoms with Gasteiger partial charge in [0.15, 0.2) is 0 Å². The van der Waals surface area contributed by atoms with Gasteiger partial charge in [0.25, 0.3) is 10.0 Å². The molecule has 3 atom stereocenters. The van der Waals surface area contributed by atoms with Crippen molar-refractivity contribution in [2.75, 3.05) is 13.6 Å². The van der Waals surface area contributed by atoms with Crippen LogP contribution in [0.15, 0.2) is 29.2 Å². The Balaban J connectivity index is 2.35. The zero-order chi connectivity index (χ0) is 21.1. The van der Waals surface area contributed by atoms with Gasteiger partial charge in [0.05, 0.1) is 10.9 Å². The van der Waals surface area contributed by atoms with Crippen molar-refractivity contribution in [3.63, 3.8) is 0 Å². The van der Waals surface area contributed by atoms with E-state index in [1.165, 1.54) is 26.1 Å². The standard InChI is InChI=1S/C17H23N3O7S/c1-10-4-6-12(7-5-10)28(25,26)20-14(11(2)15(21)22)13(27-17(20)24)8-9-19-16(23)18-3/h4-7,11,13-14H,8-9H2,1-3H3,(H,21,22)(H2,18,19,23)/p-1/t11?,13-,14-/m1/s1. The van der Waals surface area contributed by atoms with Crippen LogP contribution in [0.3, 0.4) is 0 Å². The molecule has 2 rings (SSSR count). The van der Waals surface area contributed by atoms with Crippen molar-refractivity contribution < 1.29 is 32.6 Å². The lowest BCUT2D eigenvalue weighted by Crippen LogP contribution is -2.50. The fourth-order valence-corrected chi connectivity index (χ4v) is 4.50. The molecule has 10 nitrogen and oxygen atoms in total. The highest BCUT2D eigenvalue weighted by Crippen LogP contribution is 2.33. The first-order valence-electron chi connectivity index (χ1n) is 8.57. The van der Waals surface area contributed by atoms with Gasteiger partial charge in [0.1, 0.15) is 6.10 Å². The lowest BCUT2D eigenvalue weighted by molar-refractivity contribution is -0.312. The number of carbonyl (C=O) groups excluding carboxylic acids is 3. The number of nitrogens with one attached hydrogen (secondary N) is 2. The minimum absolute atomic E-state index is 0.0291. The van der Waals surface area contributed by atoms with E-state index in [2.05, 4.69) is 10.6 Å². The van der Waals surface area contributed by atoms with E-state index < -0.39 is 46.2 Å². The van der Waals surface area contributed by atoms with Crippen molar-refractivity contribution >= 4 is 28.1 Å². The first-order valence-corrected chi connectivity index (χ1v) is 10.0. The smallest absolute Gasteiger partial charge is 0.424 e. The maximum atomic E-state index is 13.0. The molecule has 1 saturated heterocycles. The van der Waals surface area contributed by atoms with Crippen LogP contribution >= 0.6 is 0 Å². The van der Waals surface area contributed by atoms with Crippen molar-refractivity contribution in [3.05, 3.63) is 29.8 Å². The van der Waals surface area contributed by atoms with Crippen LogP contribution in [0, 0.1) is 12.8 Å². The predicted molar refractivity (Wildman–Crippen MR) is 95.5 cm³/mol. The summed E-state index contributed by atoms with van der Waals surface area (Å²) in [6, 6.07) is 4.01. The van der Waals surface area contributed by atoms with E-state index >= 15 is 0 Å². The average molecular weight is 412 g/mol. The van der Waals surface area contributed by atoms with Crippen molar-refractivity contribution in [2.24, 2.45) is 5.92 Å². The molecule has 0 aromatic heterocycles. The van der Waals surface area contributed by atoms with Gasteiger partial charge in [0, 0.05) is 31.9 Å². The van der Waals surface area contributed by atoms with Crippen LogP contribution < -0.4 is 15.7 Å². The summed E-state index contributed by atoms with van der Waals surface area (Å²) < 4.78 is 31.6. The van der Waals surface area contributed by atoms with Crippen molar-refractivity contribution in [3.8, 4) is 0 Å². The van der Waals surface area contributed by atoms with Crippen LogP contribution in [0.1, 0.15) is 18.9 Å². The number of urea groups is 1. The van der Waals surface area contributed by atoms with Gasteiger partial charge in [-0.25, -0.2) is 18.0 Å². The van der Waals surface area contributed by atoms with Crippen LogP contribution in [-0.4, -0.2) is 56.6 Å². The minimum Gasteiger partial charge on any atom is -0.550 e. The molecule has 11 heteroatoms. The summed E-state index contributed by atoms with van der Waals surface area (Å²) in [6.45, 7) is 3.07. The number of sulfonamides is 1. The topological polar surface area (TPSA) is 145 Å². The first-order chi connectivity index (χ1) is 13.1. The summed E-state index contributed by atoms with van der Waals surface area (Å²) in [7, 11) is -2.92. The molecule has 0 saturated carbocycles. The number of nitrogens with zero attached hydrogens (tertiary/aromatic N) is 1. The van der Waals surface area contributed by atoms with Crippen LogP contribution in [0.25, 0.3) is 0 Å². The second-order valence-electron chi connectivity index (χ2n) is 6.43. The minimum atomic E-state index is -4.34. The number of rotatable bonds is 7. The van der Waals surface area contributed by atoms with Gasteiger partial charge in [-0.15, -0.1) is 0 Å². The number of carbonyl (C=O) groups is 3. The number of hydrogen-bond acceptors (Lipinski definition) is 7. The van der Waals surface area contributed by atoms with Crippen LogP contribution in [0.2, 0.25) is 0 Å². The van der Waals surface area contributed by atoms with Crippen molar-refractivity contribution in [2.45, 2.75) is 37.3 Å². The van der Waals surface area contributed by atoms with Gasteiger partial charge in [-0.3, -0.25) is 0 Å². The van der Waals surface area contributed by atoms with E-state index in [0.717, 1.165) is 5.56 Å². The number of cyclic esters (lactones) is 1. The van der Waals surface area contributed by atoms with Gasteiger partial charge < -0.3 is 25.3 Å². The molecule has 0 bridgehead atoms. The molecular formula is C17H22N3O7S-. The highest BCUT2D eigenvalue weighted by molar-refractivity contribution is 7.89. The second kappa shape index (κ2) is 8.46. The fourth-order valence-electron chi connectivity index (χ4n) is 2.92. The molecule has 1 aromatic rings. The Morgan fingerprint density at radius 3 is 2.43 bits per heavy atom. The number of carboxylic acids is 1. The molecule has 0 spiro atoms. The predicted octanol–water partition coefficient (Wildman–Crippen LogP) is -0.422. The maximum Gasteiger partial charge on any atom is 0.424 e. The lowest BCUT2D eigenvalue weighted by atomic mass is 9.95. The quantitative estimate of drug-likeness (QED) is 0.618. The SMILES string of the molecule is CNC(=O)NCC[C@H]1OC(=O)N(S(=O)(=O)c2ccc(C)cc2)[C@@H]1C(C)C(=O)[O-]. The number of ether oxygens (including phenoxy) is 1. The molecule has 28 heavy (non-hydrogen) atoms. The summed E-state index contributed by atoms with van der Waals surface area (Å²) in [5, 5.41) is 16.3. The Morgan fingerprint density at radius 1 is 1.29 bits per heavy atom. The molecule has 3 amide bonds. The molecule has 1 heterocycles. The fraction of sp³-hybridized carbons (Fsp3) is 0.471. The number of amides is 3. The normalized spacial score (nSPS) is 20.4. The second-order valence-corrected chi connectivity index (χ2v) is 8.24. The molecule has 2 N–H and O–H groups in total. The first kappa shape index (κ1) is 21.5. The van der Waals surface area contributed by atoms with Gasteiger partial charge in [-0.2, -0.15) is 4.31 Å². The van der Waals surface area contributed by atoms with Crippen LogP contribution in [0.5, 0.6) is 0 Å². The zero-order valence-corrected chi connectivity index (χ0v) is 16.5. The molecule has 154 valence electrons. The molecule has 1 unspecified atom stereocenters. The molecule has 0 aliphatic carbocycles. The van der Waals surface area contributed by atoms with Gasteiger partial charge in [0.2, 0.25) is 0 Å². The van der Waals surface area contributed by atoms with E-state index in [-0.39, 0.29) is 17.9 Å². The monoisotopic (exact) mass is 412 g/mol. The number of carboxylic acid groups (broad SMARTS) is 1. The van der Waals surface area contributed by atoms with E-state index in [1.807, 2.05) is 0 Å². The largest absolute Gasteiger partial charge is 0.550 e.